The second kappa shape index (κ2) is 14.1. The van der Waals surface area contributed by atoms with Crippen LogP contribution in [0.25, 0.3) is 0 Å². The van der Waals surface area contributed by atoms with E-state index in [0.29, 0.717) is 18.0 Å². The van der Waals surface area contributed by atoms with Gasteiger partial charge in [-0.1, -0.05) is 6.07 Å². The molecule has 168 valence electrons. The third-order valence-corrected chi connectivity index (χ3v) is 4.28. The number of hydrogen-bond acceptors (Lipinski definition) is 5. The van der Waals surface area contributed by atoms with Crippen molar-refractivity contribution in [3.05, 3.63) is 41.2 Å². The molecule has 0 saturated heterocycles. The Labute approximate surface area is 196 Å². The van der Waals surface area contributed by atoms with Crippen LogP contribution in [-0.4, -0.2) is 54.3 Å². The van der Waals surface area contributed by atoms with Crippen molar-refractivity contribution in [2.75, 3.05) is 33.4 Å². The van der Waals surface area contributed by atoms with Crippen LogP contribution in [0, 0.1) is 13.8 Å². The molecule has 0 spiro atoms. The average Bonchev–Trinajstić information content (AvgIpc) is 3.04. The molecule has 0 aliphatic rings. The smallest absolute Gasteiger partial charge is 0.191 e. The molecule has 1 aromatic carbocycles. The van der Waals surface area contributed by atoms with Crippen molar-refractivity contribution in [1.82, 2.24) is 20.4 Å². The molecular weight excluding hydrogens is 497 g/mol. The van der Waals surface area contributed by atoms with Gasteiger partial charge in [0.25, 0.3) is 0 Å². The molecule has 0 aliphatic carbocycles. The molecule has 0 bridgehead atoms. The van der Waals surface area contributed by atoms with E-state index in [1.807, 2.05) is 36.7 Å². The van der Waals surface area contributed by atoms with Gasteiger partial charge in [0, 0.05) is 25.3 Å². The quantitative estimate of drug-likeness (QED) is 0.179. The van der Waals surface area contributed by atoms with Crippen LogP contribution in [0.3, 0.4) is 0 Å². The van der Waals surface area contributed by atoms with Gasteiger partial charge in [0.2, 0.25) is 0 Å². The molecule has 9 heteroatoms. The minimum Gasteiger partial charge on any atom is -0.493 e. The molecule has 0 radical (unpaired) electrons. The number of rotatable bonds is 11. The molecule has 0 saturated carbocycles. The summed E-state index contributed by atoms with van der Waals surface area (Å²) in [5.41, 5.74) is 3.25. The first-order chi connectivity index (χ1) is 14.1. The third-order valence-electron chi connectivity index (χ3n) is 4.28. The van der Waals surface area contributed by atoms with E-state index in [1.54, 1.807) is 7.11 Å². The van der Waals surface area contributed by atoms with Crippen molar-refractivity contribution < 1.29 is 14.6 Å². The summed E-state index contributed by atoms with van der Waals surface area (Å²) in [6, 6.07) is 7.79. The predicted octanol–water partition coefficient (Wildman–Crippen LogP) is 2.64. The van der Waals surface area contributed by atoms with Crippen LogP contribution in [0.15, 0.2) is 29.3 Å². The largest absolute Gasteiger partial charge is 0.493 e. The number of aromatic nitrogens is 2. The fourth-order valence-electron chi connectivity index (χ4n) is 2.93. The molecule has 8 nitrogen and oxygen atoms in total. The lowest BCUT2D eigenvalue weighted by Crippen LogP contribution is -2.38. The Hall–Kier alpha value is -2.01. The van der Waals surface area contributed by atoms with Crippen molar-refractivity contribution >= 4 is 29.9 Å². The SMILES string of the molecule is CCNC(=NCc1ccc(OCCO)c(OC)c1)NCCCn1nc(C)cc1C.I. The number of hydrogen-bond donors (Lipinski definition) is 3. The predicted molar refractivity (Wildman–Crippen MR) is 130 cm³/mol. The second-order valence-electron chi connectivity index (χ2n) is 6.68. The van der Waals surface area contributed by atoms with Gasteiger partial charge in [-0.05, 0) is 51.0 Å². The van der Waals surface area contributed by atoms with Gasteiger partial charge >= 0.3 is 0 Å². The van der Waals surface area contributed by atoms with Crippen molar-refractivity contribution in [2.45, 2.75) is 40.3 Å². The first-order valence-corrected chi connectivity index (χ1v) is 10.0. The molecular formula is C21H34IN5O3. The summed E-state index contributed by atoms with van der Waals surface area (Å²) in [6.07, 6.45) is 0.955. The first kappa shape index (κ1) is 26.0. The number of nitrogens with zero attached hydrogens (tertiary/aromatic N) is 3. The maximum Gasteiger partial charge on any atom is 0.191 e. The number of nitrogens with one attached hydrogen (secondary N) is 2. The highest BCUT2D eigenvalue weighted by molar-refractivity contribution is 14.0. The zero-order valence-corrected chi connectivity index (χ0v) is 20.6. The number of guanidine groups is 1. The Morgan fingerprint density at radius 2 is 2.00 bits per heavy atom. The molecule has 1 heterocycles. The van der Waals surface area contributed by atoms with Crippen LogP contribution in [-0.2, 0) is 13.1 Å². The van der Waals surface area contributed by atoms with E-state index in [-0.39, 0.29) is 37.2 Å². The minimum atomic E-state index is -0.0352. The summed E-state index contributed by atoms with van der Waals surface area (Å²) in [5.74, 6) is 2.03. The molecule has 3 N–H and O–H groups in total. The van der Waals surface area contributed by atoms with Gasteiger partial charge in [-0.3, -0.25) is 4.68 Å². The maximum atomic E-state index is 8.91. The van der Waals surface area contributed by atoms with Gasteiger partial charge in [0.15, 0.2) is 17.5 Å². The van der Waals surface area contributed by atoms with E-state index in [2.05, 4.69) is 33.7 Å². The molecule has 0 amide bonds. The van der Waals surface area contributed by atoms with Gasteiger partial charge in [-0.2, -0.15) is 5.10 Å². The average molecular weight is 531 g/mol. The maximum absolute atomic E-state index is 8.91. The zero-order chi connectivity index (χ0) is 21.1. The summed E-state index contributed by atoms with van der Waals surface area (Å²) >= 11 is 0. The Morgan fingerprint density at radius 1 is 1.20 bits per heavy atom. The fourth-order valence-corrected chi connectivity index (χ4v) is 2.93. The highest BCUT2D eigenvalue weighted by Crippen LogP contribution is 2.28. The van der Waals surface area contributed by atoms with Crippen molar-refractivity contribution in [3.63, 3.8) is 0 Å². The number of aliphatic imine (C=N–C) groups is 1. The minimum absolute atomic E-state index is 0. The topological polar surface area (TPSA) is 92.9 Å². The van der Waals surface area contributed by atoms with Crippen molar-refractivity contribution in [1.29, 1.82) is 0 Å². The summed E-state index contributed by atoms with van der Waals surface area (Å²) in [4.78, 5) is 4.65. The molecule has 0 atom stereocenters. The van der Waals surface area contributed by atoms with Crippen molar-refractivity contribution in [2.24, 2.45) is 4.99 Å². The second-order valence-corrected chi connectivity index (χ2v) is 6.68. The summed E-state index contributed by atoms with van der Waals surface area (Å²) in [6.45, 7) is 9.32. The van der Waals surface area contributed by atoms with Crippen LogP contribution in [0.5, 0.6) is 11.5 Å². The van der Waals surface area contributed by atoms with Crippen LogP contribution >= 0.6 is 24.0 Å². The Balaban J connectivity index is 0.00000450. The van der Waals surface area contributed by atoms with Crippen LogP contribution < -0.4 is 20.1 Å². The monoisotopic (exact) mass is 531 g/mol. The molecule has 2 rings (SSSR count). The lowest BCUT2D eigenvalue weighted by Gasteiger charge is -2.13. The van der Waals surface area contributed by atoms with Crippen LogP contribution in [0.2, 0.25) is 0 Å². The fraction of sp³-hybridized carbons (Fsp3) is 0.524. The summed E-state index contributed by atoms with van der Waals surface area (Å²) in [5, 5.41) is 20.0. The number of methoxy groups -OCH3 is 1. The van der Waals surface area contributed by atoms with Gasteiger partial charge in [-0.25, -0.2) is 4.99 Å². The van der Waals surface area contributed by atoms with Gasteiger partial charge < -0.3 is 25.2 Å². The van der Waals surface area contributed by atoms with Gasteiger partial charge in [0.05, 0.1) is 26.0 Å². The Bertz CT molecular complexity index is 795. The first-order valence-electron chi connectivity index (χ1n) is 10.0. The number of ether oxygens (including phenoxy) is 2. The molecule has 0 fully saturated rings. The van der Waals surface area contributed by atoms with Crippen LogP contribution in [0.1, 0.15) is 30.3 Å². The Morgan fingerprint density at radius 3 is 2.63 bits per heavy atom. The normalized spacial score (nSPS) is 11.0. The molecule has 0 aliphatic heterocycles. The van der Waals surface area contributed by atoms with E-state index >= 15 is 0 Å². The number of benzene rings is 1. The zero-order valence-electron chi connectivity index (χ0n) is 18.3. The summed E-state index contributed by atoms with van der Waals surface area (Å²) < 4.78 is 12.9. The number of halogens is 1. The number of aliphatic hydroxyl groups excluding tert-OH is 1. The van der Waals surface area contributed by atoms with E-state index in [9.17, 15) is 0 Å². The van der Waals surface area contributed by atoms with Gasteiger partial charge in [-0.15, -0.1) is 24.0 Å². The highest BCUT2D eigenvalue weighted by atomic mass is 127. The lowest BCUT2D eigenvalue weighted by molar-refractivity contribution is 0.196. The van der Waals surface area contributed by atoms with Gasteiger partial charge in [0.1, 0.15) is 6.61 Å². The van der Waals surface area contributed by atoms with E-state index < -0.39 is 0 Å². The number of aliphatic hydroxyl groups is 1. The molecule has 0 unspecified atom stereocenters. The van der Waals surface area contributed by atoms with E-state index in [0.717, 1.165) is 43.3 Å². The van der Waals surface area contributed by atoms with Crippen molar-refractivity contribution in [3.8, 4) is 11.5 Å². The Kier molecular flexibility index (Phi) is 12.2. The highest BCUT2D eigenvalue weighted by Gasteiger charge is 2.06. The van der Waals surface area contributed by atoms with Crippen LogP contribution in [0.4, 0.5) is 0 Å². The standard InChI is InChI=1S/C21H33N5O3.HI/c1-5-22-21(23-9-6-10-26-17(3)13-16(2)25-26)24-15-18-7-8-19(29-12-11-27)20(14-18)28-4;/h7-8,13-14,27H,5-6,9-12,15H2,1-4H3,(H2,22,23,24);1H. The third kappa shape index (κ3) is 8.39. The lowest BCUT2D eigenvalue weighted by atomic mass is 10.2. The van der Waals surface area contributed by atoms with E-state index in [1.165, 1.54) is 5.69 Å². The number of aryl methyl sites for hydroxylation is 3. The van der Waals surface area contributed by atoms with E-state index in [4.69, 9.17) is 14.6 Å². The molecule has 30 heavy (non-hydrogen) atoms. The molecule has 2 aromatic rings. The molecule has 1 aromatic heterocycles. The summed E-state index contributed by atoms with van der Waals surface area (Å²) in [7, 11) is 1.60.